The lowest BCUT2D eigenvalue weighted by molar-refractivity contribution is -0.142. The lowest BCUT2D eigenvalue weighted by atomic mass is 10.1. The molecule has 0 saturated carbocycles. The summed E-state index contributed by atoms with van der Waals surface area (Å²) < 4.78 is 5.25. The fourth-order valence-electron chi connectivity index (χ4n) is 2.72. The molecule has 0 radical (unpaired) electrons. The van der Waals surface area contributed by atoms with Gasteiger partial charge in [0, 0.05) is 36.7 Å². The number of carbonyl (C=O) groups excluding carboxylic acids is 1. The summed E-state index contributed by atoms with van der Waals surface area (Å²) in [5.41, 5.74) is 2.09. The van der Waals surface area contributed by atoms with Crippen LogP contribution in [0.5, 0.6) is 5.75 Å². The summed E-state index contributed by atoms with van der Waals surface area (Å²) >= 11 is 0. The summed E-state index contributed by atoms with van der Waals surface area (Å²) in [7, 11) is 0. The molecule has 1 heterocycles. The van der Waals surface area contributed by atoms with Crippen molar-refractivity contribution in [2.45, 2.75) is 19.3 Å². The molecule has 0 amide bonds. The lowest BCUT2D eigenvalue weighted by Gasteiger charge is -2.18. The highest BCUT2D eigenvalue weighted by Gasteiger charge is 2.11. The first kappa shape index (κ1) is 19.5. The number of nitrogens with zero attached hydrogens (tertiary/aromatic N) is 1. The van der Waals surface area contributed by atoms with E-state index >= 15 is 0 Å². The molecule has 26 heavy (non-hydrogen) atoms. The molecule has 6 nitrogen and oxygen atoms in total. The van der Waals surface area contributed by atoms with Gasteiger partial charge in [0.1, 0.15) is 5.75 Å². The minimum Gasteiger partial charge on any atom is -0.481 e. The first-order chi connectivity index (χ1) is 12.5. The number of carboxylic acids is 1. The van der Waals surface area contributed by atoms with E-state index in [2.05, 4.69) is 23.0 Å². The summed E-state index contributed by atoms with van der Waals surface area (Å²) in [6, 6.07) is 5.36. The number of carboxylic acid groups (broad SMARTS) is 1. The van der Waals surface area contributed by atoms with Crippen LogP contribution in [-0.4, -0.2) is 46.6 Å². The zero-order valence-corrected chi connectivity index (χ0v) is 14.7. The van der Waals surface area contributed by atoms with Crippen molar-refractivity contribution in [1.82, 2.24) is 9.88 Å². The van der Waals surface area contributed by atoms with Gasteiger partial charge in [0.25, 0.3) is 0 Å². The maximum absolute atomic E-state index is 11.7. The van der Waals surface area contributed by atoms with Crippen LogP contribution < -0.4 is 4.74 Å². The molecule has 0 spiro atoms. The number of rotatable bonds is 11. The molecule has 0 aliphatic rings. The average molecular weight is 356 g/mol. The first-order valence-corrected chi connectivity index (χ1v) is 8.50. The lowest BCUT2D eigenvalue weighted by Crippen LogP contribution is -2.26. The van der Waals surface area contributed by atoms with Crippen LogP contribution in [0.15, 0.2) is 49.7 Å². The van der Waals surface area contributed by atoms with Gasteiger partial charge in [-0.05, 0) is 30.2 Å². The molecule has 0 aliphatic heterocycles. The Morgan fingerprint density at radius 3 is 2.58 bits per heavy atom. The second kappa shape index (κ2) is 9.58. The number of ether oxygens (including phenoxy) is 1. The van der Waals surface area contributed by atoms with Crippen molar-refractivity contribution < 1.29 is 19.4 Å². The SMILES string of the molecule is C=CCN(CC=C)CCc1c[nH]c2ccc(OC(=O)CCC(=O)O)cc12. The van der Waals surface area contributed by atoms with Crippen molar-refractivity contribution in [1.29, 1.82) is 0 Å². The fourth-order valence-corrected chi connectivity index (χ4v) is 2.72. The zero-order valence-electron chi connectivity index (χ0n) is 14.7. The summed E-state index contributed by atoms with van der Waals surface area (Å²) in [4.78, 5) is 27.7. The van der Waals surface area contributed by atoms with Crippen LogP contribution in [0.2, 0.25) is 0 Å². The molecule has 0 bridgehead atoms. The van der Waals surface area contributed by atoms with Crippen LogP contribution in [0.4, 0.5) is 0 Å². The number of aromatic amines is 1. The van der Waals surface area contributed by atoms with Crippen LogP contribution in [-0.2, 0) is 16.0 Å². The highest BCUT2D eigenvalue weighted by Crippen LogP contribution is 2.24. The van der Waals surface area contributed by atoms with Crippen molar-refractivity contribution in [3.63, 3.8) is 0 Å². The predicted octanol–water partition coefficient (Wildman–Crippen LogP) is 3.15. The molecule has 138 valence electrons. The minimum atomic E-state index is -1.02. The molecule has 6 heteroatoms. The molecule has 0 fully saturated rings. The largest absolute Gasteiger partial charge is 0.481 e. The van der Waals surface area contributed by atoms with Crippen molar-refractivity contribution in [2.24, 2.45) is 0 Å². The topological polar surface area (TPSA) is 82.6 Å². The monoisotopic (exact) mass is 356 g/mol. The summed E-state index contributed by atoms with van der Waals surface area (Å²) in [5.74, 6) is -1.15. The second-order valence-corrected chi connectivity index (χ2v) is 5.98. The van der Waals surface area contributed by atoms with E-state index in [1.807, 2.05) is 30.5 Å². The molecule has 1 aromatic heterocycles. The molecule has 2 aromatic rings. The Bertz CT molecular complexity index is 784. The van der Waals surface area contributed by atoms with Gasteiger partial charge in [-0.2, -0.15) is 0 Å². The number of carbonyl (C=O) groups is 2. The Morgan fingerprint density at radius 2 is 1.92 bits per heavy atom. The van der Waals surface area contributed by atoms with Gasteiger partial charge in [-0.1, -0.05) is 12.2 Å². The molecule has 1 aromatic carbocycles. The van der Waals surface area contributed by atoms with Gasteiger partial charge in [0.15, 0.2) is 0 Å². The Kier molecular flexibility index (Phi) is 7.17. The normalized spacial score (nSPS) is 10.8. The van der Waals surface area contributed by atoms with E-state index < -0.39 is 11.9 Å². The molecule has 0 atom stereocenters. The molecular weight excluding hydrogens is 332 g/mol. The Hall–Kier alpha value is -2.86. The van der Waals surface area contributed by atoms with Crippen LogP contribution in [0, 0.1) is 0 Å². The average Bonchev–Trinajstić information content (AvgIpc) is 3.00. The molecule has 2 N–H and O–H groups in total. The summed E-state index contributed by atoms with van der Waals surface area (Å²) in [6.07, 6.45) is 6.14. The van der Waals surface area contributed by atoms with Crippen LogP contribution >= 0.6 is 0 Å². The van der Waals surface area contributed by atoms with Gasteiger partial charge in [-0.15, -0.1) is 13.2 Å². The predicted molar refractivity (Wildman–Crippen MR) is 101 cm³/mol. The zero-order chi connectivity index (χ0) is 18.9. The maximum Gasteiger partial charge on any atom is 0.311 e. The van der Waals surface area contributed by atoms with Crippen molar-refractivity contribution in [2.75, 3.05) is 19.6 Å². The first-order valence-electron chi connectivity index (χ1n) is 8.50. The van der Waals surface area contributed by atoms with Gasteiger partial charge in [-0.3, -0.25) is 14.5 Å². The highest BCUT2D eigenvalue weighted by molar-refractivity contribution is 5.86. The summed E-state index contributed by atoms with van der Waals surface area (Å²) in [5, 5.41) is 9.62. The van der Waals surface area contributed by atoms with Crippen LogP contribution in [0.3, 0.4) is 0 Å². The Morgan fingerprint density at radius 1 is 1.19 bits per heavy atom. The molecule has 0 aliphatic carbocycles. The number of fused-ring (bicyclic) bond motifs is 1. The molecular formula is C20H24N2O4. The van der Waals surface area contributed by atoms with E-state index in [1.165, 1.54) is 0 Å². The van der Waals surface area contributed by atoms with E-state index in [1.54, 1.807) is 6.07 Å². The molecule has 2 rings (SSSR count). The molecule has 0 unspecified atom stereocenters. The number of hydrogen-bond acceptors (Lipinski definition) is 4. The third-order valence-electron chi connectivity index (χ3n) is 3.99. The van der Waals surface area contributed by atoms with Crippen LogP contribution in [0.1, 0.15) is 18.4 Å². The Labute approximate surface area is 152 Å². The third kappa shape index (κ3) is 5.60. The third-order valence-corrected chi connectivity index (χ3v) is 3.99. The fraction of sp³-hybridized carbons (Fsp3) is 0.300. The number of benzene rings is 1. The van der Waals surface area contributed by atoms with E-state index in [0.29, 0.717) is 5.75 Å². The van der Waals surface area contributed by atoms with Gasteiger partial charge in [0.05, 0.1) is 12.8 Å². The second-order valence-electron chi connectivity index (χ2n) is 5.98. The number of esters is 1. The van der Waals surface area contributed by atoms with E-state index in [-0.39, 0.29) is 12.8 Å². The van der Waals surface area contributed by atoms with E-state index in [0.717, 1.165) is 42.5 Å². The standard InChI is InChI=1S/C20H24N2O4/c1-3-10-22(11-4-2)12-9-15-14-21-18-6-5-16(13-17(15)18)26-20(25)8-7-19(23)24/h3-6,13-14,21H,1-2,7-12H2,(H,23,24). The number of aromatic nitrogens is 1. The van der Waals surface area contributed by atoms with E-state index in [9.17, 15) is 9.59 Å². The maximum atomic E-state index is 11.7. The van der Waals surface area contributed by atoms with E-state index in [4.69, 9.17) is 9.84 Å². The summed E-state index contributed by atoms with van der Waals surface area (Å²) in [6.45, 7) is 9.99. The Balaban J connectivity index is 2.06. The highest BCUT2D eigenvalue weighted by atomic mass is 16.5. The van der Waals surface area contributed by atoms with Crippen molar-refractivity contribution >= 4 is 22.8 Å². The van der Waals surface area contributed by atoms with Gasteiger partial charge >= 0.3 is 11.9 Å². The quantitative estimate of drug-likeness (QED) is 0.367. The van der Waals surface area contributed by atoms with Crippen molar-refractivity contribution in [3.8, 4) is 5.75 Å². The number of aliphatic carboxylic acids is 1. The number of nitrogens with one attached hydrogen (secondary N) is 1. The van der Waals surface area contributed by atoms with Gasteiger partial charge in [0.2, 0.25) is 0 Å². The van der Waals surface area contributed by atoms with Crippen molar-refractivity contribution in [3.05, 3.63) is 55.3 Å². The number of H-pyrrole nitrogens is 1. The van der Waals surface area contributed by atoms with Gasteiger partial charge < -0.3 is 14.8 Å². The molecule has 0 saturated heterocycles. The smallest absolute Gasteiger partial charge is 0.311 e. The number of hydrogen-bond donors (Lipinski definition) is 2. The minimum absolute atomic E-state index is 0.147. The van der Waals surface area contributed by atoms with Crippen LogP contribution in [0.25, 0.3) is 10.9 Å². The van der Waals surface area contributed by atoms with Gasteiger partial charge in [-0.25, -0.2) is 0 Å².